The number of hydrogen-bond acceptors (Lipinski definition) is 4. The third kappa shape index (κ3) is 3.50. The van der Waals surface area contributed by atoms with Gasteiger partial charge >= 0.3 is 0 Å². The second-order valence-corrected chi connectivity index (χ2v) is 7.73. The first-order valence-electron chi connectivity index (χ1n) is 9.83. The van der Waals surface area contributed by atoms with Crippen molar-refractivity contribution in [2.24, 2.45) is 5.92 Å². The van der Waals surface area contributed by atoms with Crippen molar-refractivity contribution in [2.75, 3.05) is 26.2 Å². The van der Waals surface area contributed by atoms with Crippen LogP contribution in [0.1, 0.15) is 43.7 Å². The number of carbonyl (C=O) groups excluding carboxylic acids is 2. The fourth-order valence-electron chi connectivity index (χ4n) is 4.15. The second-order valence-electron chi connectivity index (χ2n) is 7.73. The normalized spacial score (nSPS) is 24.0. The van der Waals surface area contributed by atoms with Crippen molar-refractivity contribution in [1.29, 1.82) is 0 Å². The number of piperidine rings is 1. The number of rotatable bonds is 6. The minimum atomic E-state index is -0.836. The van der Waals surface area contributed by atoms with Gasteiger partial charge in [0, 0.05) is 24.6 Å². The molecule has 5 nitrogen and oxygen atoms in total. The van der Waals surface area contributed by atoms with Crippen molar-refractivity contribution in [3.05, 3.63) is 47.0 Å². The molecule has 1 unspecified atom stereocenters. The topological polar surface area (TPSA) is 60.9 Å². The number of amides is 1. The minimum Gasteiger partial charge on any atom is -0.503 e. The molecule has 1 aromatic rings. The van der Waals surface area contributed by atoms with E-state index in [2.05, 4.69) is 4.90 Å². The quantitative estimate of drug-likeness (QED) is 0.834. The number of likely N-dealkylation sites (tertiary alicyclic amines) is 1. The first-order chi connectivity index (χ1) is 13.1. The van der Waals surface area contributed by atoms with Gasteiger partial charge in [-0.05, 0) is 44.8 Å². The zero-order chi connectivity index (χ0) is 19.0. The lowest BCUT2D eigenvalue weighted by Gasteiger charge is -2.31. The van der Waals surface area contributed by atoms with Crippen LogP contribution in [0.3, 0.4) is 0 Å². The zero-order valence-electron chi connectivity index (χ0n) is 15.4. The highest BCUT2D eigenvalue weighted by Crippen LogP contribution is 2.43. The molecule has 1 atom stereocenters. The van der Waals surface area contributed by atoms with Gasteiger partial charge in [0.05, 0.1) is 11.6 Å². The predicted octanol–water partition coefficient (Wildman–Crippen LogP) is 2.99. The van der Waals surface area contributed by atoms with Crippen molar-refractivity contribution in [3.8, 4) is 0 Å². The van der Waals surface area contributed by atoms with Gasteiger partial charge in [0.2, 0.25) is 0 Å². The van der Waals surface area contributed by atoms with Gasteiger partial charge in [-0.3, -0.25) is 9.59 Å². The number of nitrogens with zero attached hydrogens (tertiary/aromatic N) is 2. The van der Waals surface area contributed by atoms with Crippen molar-refractivity contribution < 1.29 is 19.1 Å². The summed E-state index contributed by atoms with van der Waals surface area (Å²) in [6.45, 7) is 3.00. The Morgan fingerprint density at radius 1 is 1.11 bits per heavy atom. The van der Waals surface area contributed by atoms with Crippen LogP contribution < -0.4 is 0 Å². The molecule has 3 aliphatic rings. The highest BCUT2D eigenvalue weighted by atomic mass is 19.1. The van der Waals surface area contributed by atoms with Crippen molar-refractivity contribution in [1.82, 2.24) is 9.80 Å². The molecule has 4 rings (SSSR count). The van der Waals surface area contributed by atoms with Crippen LogP contribution >= 0.6 is 0 Å². The number of ketones is 1. The van der Waals surface area contributed by atoms with Gasteiger partial charge in [0.1, 0.15) is 5.82 Å². The second kappa shape index (κ2) is 7.43. The van der Waals surface area contributed by atoms with E-state index in [1.807, 2.05) is 0 Å². The molecule has 27 heavy (non-hydrogen) atoms. The third-order valence-electron chi connectivity index (χ3n) is 5.82. The van der Waals surface area contributed by atoms with Crippen LogP contribution in [0.25, 0.3) is 0 Å². The van der Waals surface area contributed by atoms with Crippen LogP contribution in [0.4, 0.5) is 4.39 Å². The molecule has 2 heterocycles. The summed E-state index contributed by atoms with van der Waals surface area (Å²) in [5.41, 5.74) is 0.351. The lowest BCUT2D eigenvalue weighted by Crippen LogP contribution is -2.40. The van der Waals surface area contributed by atoms with Crippen LogP contribution in [0.2, 0.25) is 0 Å². The molecule has 1 N–H and O–H groups in total. The maximum atomic E-state index is 14.6. The Kier molecular flexibility index (Phi) is 5.00. The van der Waals surface area contributed by atoms with E-state index in [1.165, 1.54) is 17.4 Å². The molecule has 1 aromatic carbocycles. The van der Waals surface area contributed by atoms with Gasteiger partial charge in [0.15, 0.2) is 11.5 Å². The van der Waals surface area contributed by atoms with Crippen molar-refractivity contribution in [3.63, 3.8) is 0 Å². The largest absolute Gasteiger partial charge is 0.503 e. The van der Waals surface area contributed by atoms with E-state index in [4.69, 9.17) is 0 Å². The highest BCUT2D eigenvalue weighted by Gasteiger charge is 2.47. The van der Waals surface area contributed by atoms with Gasteiger partial charge in [-0.25, -0.2) is 4.39 Å². The summed E-state index contributed by atoms with van der Waals surface area (Å²) in [5, 5.41) is 10.5. The average molecular weight is 372 g/mol. The Labute approximate surface area is 158 Å². The maximum Gasteiger partial charge on any atom is 0.290 e. The molecule has 6 heteroatoms. The minimum absolute atomic E-state index is 0.0752. The van der Waals surface area contributed by atoms with Gasteiger partial charge in [0.25, 0.3) is 5.91 Å². The summed E-state index contributed by atoms with van der Waals surface area (Å²) < 4.78 is 14.6. The predicted molar refractivity (Wildman–Crippen MR) is 98.5 cm³/mol. The number of Topliss-reactive ketones (excluding diaryl/α,β-unsaturated/α-hetero) is 1. The van der Waals surface area contributed by atoms with Gasteiger partial charge < -0.3 is 14.9 Å². The van der Waals surface area contributed by atoms with Crippen LogP contribution in [-0.2, 0) is 9.59 Å². The molecular weight excluding hydrogens is 347 g/mol. The average Bonchev–Trinajstić information content (AvgIpc) is 3.50. The Hall–Kier alpha value is -2.21. The van der Waals surface area contributed by atoms with E-state index < -0.39 is 23.5 Å². The number of benzene rings is 1. The highest BCUT2D eigenvalue weighted by molar-refractivity contribution is 6.10. The van der Waals surface area contributed by atoms with Crippen LogP contribution in [-0.4, -0.2) is 52.8 Å². The monoisotopic (exact) mass is 372 g/mol. The third-order valence-corrected chi connectivity index (χ3v) is 5.82. The molecule has 0 spiro atoms. The number of aliphatic hydroxyl groups excluding tert-OH is 1. The molecule has 0 bridgehead atoms. The van der Waals surface area contributed by atoms with E-state index in [0.717, 1.165) is 38.8 Å². The molecule has 2 aliphatic heterocycles. The van der Waals surface area contributed by atoms with Crippen molar-refractivity contribution in [2.45, 2.75) is 38.1 Å². The van der Waals surface area contributed by atoms with Gasteiger partial charge in [-0.15, -0.1) is 0 Å². The smallest absolute Gasteiger partial charge is 0.290 e. The number of hydrogen-bond donors (Lipinski definition) is 1. The van der Waals surface area contributed by atoms with E-state index in [0.29, 0.717) is 13.1 Å². The molecule has 1 amide bonds. The molecule has 1 saturated heterocycles. The summed E-state index contributed by atoms with van der Waals surface area (Å²) in [6.07, 6.45) is 5.03. The van der Waals surface area contributed by atoms with E-state index in [9.17, 15) is 19.1 Å². The van der Waals surface area contributed by atoms with E-state index in [1.54, 1.807) is 18.2 Å². The molecule has 0 radical (unpaired) electrons. The molecule has 1 saturated carbocycles. The fourth-order valence-corrected chi connectivity index (χ4v) is 4.15. The Morgan fingerprint density at radius 2 is 1.81 bits per heavy atom. The summed E-state index contributed by atoms with van der Waals surface area (Å²) >= 11 is 0. The fraction of sp³-hybridized carbons (Fsp3) is 0.524. The van der Waals surface area contributed by atoms with Gasteiger partial charge in [-0.2, -0.15) is 0 Å². The zero-order valence-corrected chi connectivity index (χ0v) is 15.4. The lowest BCUT2D eigenvalue weighted by molar-refractivity contribution is -0.129. The molecule has 144 valence electrons. The van der Waals surface area contributed by atoms with Gasteiger partial charge in [-0.1, -0.05) is 24.6 Å². The number of halogens is 1. The Bertz CT molecular complexity index is 781. The summed E-state index contributed by atoms with van der Waals surface area (Å²) in [6, 6.07) is 5.37. The molecule has 0 aromatic heterocycles. The Balaban J connectivity index is 1.63. The Morgan fingerprint density at radius 3 is 2.48 bits per heavy atom. The first-order valence-corrected chi connectivity index (χ1v) is 9.83. The molecule has 2 fully saturated rings. The molecular formula is C21H25FN2O3. The van der Waals surface area contributed by atoms with Crippen LogP contribution in [0.5, 0.6) is 0 Å². The maximum absolute atomic E-state index is 14.6. The standard InChI is InChI=1S/C21H25FN2O3/c22-16-7-3-2-6-15(16)18-17(19(25)14-8-9-14)20(26)21(27)24(18)13-12-23-10-4-1-5-11-23/h2-3,6-7,14,18,26H,1,4-5,8-13H2. The molecule has 1 aliphatic carbocycles. The SMILES string of the molecule is O=C(C1=C(O)C(=O)N(CCN2CCCCC2)C1c1ccccc1F)C1CC1. The van der Waals surface area contributed by atoms with E-state index in [-0.39, 0.29) is 22.8 Å². The number of aliphatic hydroxyl groups is 1. The van der Waals surface area contributed by atoms with Crippen LogP contribution in [0.15, 0.2) is 35.6 Å². The summed E-state index contributed by atoms with van der Waals surface area (Å²) in [4.78, 5) is 29.3. The summed E-state index contributed by atoms with van der Waals surface area (Å²) in [7, 11) is 0. The van der Waals surface area contributed by atoms with Crippen LogP contribution in [0, 0.1) is 11.7 Å². The number of carbonyl (C=O) groups is 2. The van der Waals surface area contributed by atoms with E-state index >= 15 is 0 Å². The first kappa shape index (κ1) is 18.2. The van der Waals surface area contributed by atoms with Crippen molar-refractivity contribution >= 4 is 11.7 Å². The summed E-state index contributed by atoms with van der Waals surface area (Å²) in [5.74, 6) is -1.89. The lowest BCUT2D eigenvalue weighted by atomic mass is 9.94.